The highest BCUT2D eigenvalue weighted by atomic mass is 28.2. The number of rotatable bonds is 4. The third-order valence-electron chi connectivity index (χ3n) is 3.85. The number of hydrogen-bond acceptors (Lipinski definition) is 1. The van der Waals surface area contributed by atoms with Crippen molar-refractivity contribution >= 4 is 10.5 Å². The van der Waals surface area contributed by atoms with Gasteiger partial charge in [-0.05, 0) is 16.7 Å². The van der Waals surface area contributed by atoms with Crippen molar-refractivity contribution in [3.63, 3.8) is 0 Å². The van der Waals surface area contributed by atoms with Gasteiger partial charge in [0.25, 0.3) is 0 Å². The Morgan fingerprint density at radius 3 is 1.04 bits per heavy atom. The van der Waals surface area contributed by atoms with Gasteiger partial charge in [0, 0.05) is 0 Å². The molecule has 3 aromatic rings. The third-order valence-corrected chi connectivity index (χ3v) is 4.46. The zero-order valence-corrected chi connectivity index (χ0v) is 15.5. The summed E-state index contributed by atoms with van der Waals surface area (Å²) in [4.78, 5) is 0. The largest absolute Gasteiger partial charge is 0.411 e. The maximum atomic E-state index is 6.24. The Bertz CT molecular complexity index is 599. The zero-order chi connectivity index (χ0) is 16.5. The summed E-state index contributed by atoms with van der Waals surface area (Å²) in [7, 11) is 0.651. The second-order valence-electron chi connectivity index (χ2n) is 4.98. The molecule has 0 saturated heterocycles. The molecule has 2 heteroatoms. The lowest BCUT2D eigenvalue weighted by molar-refractivity contribution is 0.173. The first-order chi connectivity index (χ1) is 11.4. The molecule has 0 aromatic heterocycles. The van der Waals surface area contributed by atoms with E-state index in [1.807, 2.05) is 18.2 Å². The van der Waals surface area contributed by atoms with E-state index in [-0.39, 0.29) is 0 Å². The molecule has 0 aliphatic heterocycles. The van der Waals surface area contributed by atoms with Gasteiger partial charge in [-0.2, -0.15) is 0 Å². The van der Waals surface area contributed by atoms with Crippen molar-refractivity contribution in [2.45, 2.75) is 5.60 Å². The van der Waals surface area contributed by atoms with Crippen LogP contribution in [0.2, 0.25) is 0 Å². The van der Waals surface area contributed by atoms with Crippen LogP contribution in [0, 0.1) is 0 Å². The van der Waals surface area contributed by atoms with Crippen molar-refractivity contribution in [3.8, 4) is 0 Å². The molecule has 0 saturated carbocycles. The molecule has 0 radical (unpaired) electrons. The molecule has 0 aliphatic carbocycles. The Labute approximate surface area is 141 Å². The van der Waals surface area contributed by atoms with Crippen LogP contribution in [0.5, 0.6) is 0 Å². The lowest BCUT2D eigenvalue weighted by atomic mass is 9.80. The van der Waals surface area contributed by atoms with E-state index >= 15 is 0 Å². The van der Waals surface area contributed by atoms with Crippen LogP contribution in [-0.4, -0.2) is 10.5 Å². The zero-order valence-electron chi connectivity index (χ0n) is 13.5. The monoisotopic (exact) mass is 318 g/mol. The normalized spacial score (nSPS) is 10.6. The molecule has 0 aliphatic rings. The molecule has 0 unspecified atom stereocenters. The van der Waals surface area contributed by atoms with Crippen LogP contribution in [0.3, 0.4) is 0 Å². The maximum absolute atomic E-state index is 6.24. The SMILES string of the molecule is C=C.[SiH3]OC(c1ccccc1)(c1ccccc1)c1ccccc1. The molecule has 0 fully saturated rings. The van der Waals surface area contributed by atoms with Gasteiger partial charge in [0.15, 0.2) is 0 Å². The Balaban J connectivity index is 0.000000924. The first kappa shape index (κ1) is 16.9. The lowest BCUT2D eigenvalue weighted by Crippen LogP contribution is -2.32. The molecule has 0 amide bonds. The standard InChI is InChI=1S/C19H18OSi.C2H4/c21-20-19(16-10-4-1-5-11-16,17-12-6-2-7-13-17)18-14-8-3-9-15-18;1-2/h1-15H,21H3;1-2H2. The van der Waals surface area contributed by atoms with E-state index in [4.69, 9.17) is 4.43 Å². The Hall–Kier alpha value is -2.42. The second-order valence-corrected chi connectivity index (χ2v) is 5.39. The van der Waals surface area contributed by atoms with Gasteiger partial charge in [-0.25, -0.2) is 0 Å². The van der Waals surface area contributed by atoms with Gasteiger partial charge in [0.05, 0.1) is 0 Å². The first-order valence-electron chi connectivity index (χ1n) is 7.59. The Kier molecular flexibility index (Phi) is 6.09. The summed E-state index contributed by atoms with van der Waals surface area (Å²) in [6, 6.07) is 31.3. The lowest BCUT2D eigenvalue weighted by Gasteiger charge is -2.35. The summed E-state index contributed by atoms with van der Waals surface area (Å²) in [5.74, 6) is 0. The van der Waals surface area contributed by atoms with Gasteiger partial charge in [-0.1, -0.05) is 91.0 Å². The molecule has 0 bridgehead atoms. The van der Waals surface area contributed by atoms with Crippen molar-refractivity contribution in [2.24, 2.45) is 0 Å². The van der Waals surface area contributed by atoms with E-state index in [1.54, 1.807) is 0 Å². The highest BCUT2D eigenvalue weighted by Crippen LogP contribution is 2.39. The Morgan fingerprint density at radius 2 is 0.826 bits per heavy atom. The number of hydrogen-bond donors (Lipinski definition) is 0. The fraction of sp³-hybridized carbons (Fsp3) is 0.0476. The molecule has 0 spiro atoms. The van der Waals surface area contributed by atoms with Crippen molar-refractivity contribution in [1.29, 1.82) is 0 Å². The summed E-state index contributed by atoms with van der Waals surface area (Å²) in [6.07, 6.45) is 0. The molecule has 3 aromatic carbocycles. The topological polar surface area (TPSA) is 9.23 Å². The quantitative estimate of drug-likeness (QED) is 0.400. The van der Waals surface area contributed by atoms with Gasteiger partial charge in [-0.15, -0.1) is 13.2 Å². The van der Waals surface area contributed by atoms with Gasteiger partial charge in [0.2, 0.25) is 0 Å². The van der Waals surface area contributed by atoms with Gasteiger partial charge in [0.1, 0.15) is 16.1 Å². The van der Waals surface area contributed by atoms with Crippen LogP contribution >= 0.6 is 0 Å². The average molecular weight is 318 g/mol. The molecule has 0 N–H and O–H groups in total. The molecule has 1 nitrogen and oxygen atoms in total. The van der Waals surface area contributed by atoms with Crippen LogP contribution in [0.4, 0.5) is 0 Å². The van der Waals surface area contributed by atoms with Crippen molar-refractivity contribution in [1.82, 2.24) is 0 Å². The van der Waals surface area contributed by atoms with Crippen LogP contribution in [0.1, 0.15) is 16.7 Å². The summed E-state index contributed by atoms with van der Waals surface area (Å²) >= 11 is 0. The fourth-order valence-electron chi connectivity index (χ4n) is 2.87. The van der Waals surface area contributed by atoms with Crippen LogP contribution < -0.4 is 0 Å². The van der Waals surface area contributed by atoms with Crippen LogP contribution in [0.15, 0.2) is 104 Å². The molecular formula is C21H22OSi. The van der Waals surface area contributed by atoms with E-state index < -0.39 is 5.60 Å². The molecule has 3 rings (SSSR count). The molecule has 0 atom stereocenters. The maximum Gasteiger partial charge on any atom is 0.148 e. The van der Waals surface area contributed by atoms with Crippen molar-refractivity contribution in [2.75, 3.05) is 0 Å². The molecule has 116 valence electrons. The van der Waals surface area contributed by atoms with Gasteiger partial charge >= 0.3 is 0 Å². The van der Waals surface area contributed by atoms with Crippen molar-refractivity contribution < 1.29 is 4.43 Å². The average Bonchev–Trinajstić information content (AvgIpc) is 2.67. The van der Waals surface area contributed by atoms with E-state index in [9.17, 15) is 0 Å². The number of benzene rings is 3. The third kappa shape index (κ3) is 3.34. The highest BCUT2D eigenvalue weighted by Gasteiger charge is 2.35. The fourth-order valence-corrected chi connectivity index (χ4v) is 3.58. The van der Waals surface area contributed by atoms with Crippen LogP contribution in [-0.2, 0) is 10.0 Å². The highest BCUT2D eigenvalue weighted by molar-refractivity contribution is 5.99. The van der Waals surface area contributed by atoms with Gasteiger partial charge < -0.3 is 4.43 Å². The smallest absolute Gasteiger partial charge is 0.148 e. The minimum Gasteiger partial charge on any atom is -0.411 e. The molecular weight excluding hydrogens is 296 g/mol. The molecule has 23 heavy (non-hydrogen) atoms. The summed E-state index contributed by atoms with van der Waals surface area (Å²) < 4.78 is 6.24. The predicted octanol–water partition coefficient (Wildman–Crippen LogP) is 4.08. The van der Waals surface area contributed by atoms with E-state index in [0.29, 0.717) is 10.5 Å². The van der Waals surface area contributed by atoms with E-state index in [0.717, 1.165) is 16.7 Å². The van der Waals surface area contributed by atoms with Crippen molar-refractivity contribution in [3.05, 3.63) is 121 Å². The first-order valence-corrected chi connectivity index (χ1v) is 8.41. The summed E-state index contributed by atoms with van der Waals surface area (Å²) in [5.41, 5.74) is 2.97. The van der Waals surface area contributed by atoms with E-state index in [2.05, 4.69) is 86.0 Å². The Morgan fingerprint density at radius 1 is 0.565 bits per heavy atom. The molecule has 0 heterocycles. The minimum atomic E-state index is -0.518. The summed E-state index contributed by atoms with van der Waals surface area (Å²) in [5, 5.41) is 0. The summed E-state index contributed by atoms with van der Waals surface area (Å²) in [6.45, 7) is 6.00. The van der Waals surface area contributed by atoms with Gasteiger partial charge in [-0.3, -0.25) is 0 Å². The van der Waals surface area contributed by atoms with Crippen LogP contribution in [0.25, 0.3) is 0 Å². The predicted molar refractivity (Wildman–Crippen MR) is 101 cm³/mol. The second kappa shape index (κ2) is 8.27. The van der Waals surface area contributed by atoms with E-state index in [1.165, 1.54) is 0 Å². The minimum absolute atomic E-state index is 0.518.